The van der Waals surface area contributed by atoms with Crippen molar-refractivity contribution >= 4 is 17.2 Å². The van der Waals surface area contributed by atoms with Crippen LogP contribution in [0.25, 0.3) is 5.57 Å². The molecule has 0 unspecified atom stereocenters. The van der Waals surface area contributed by atoms with Crippen molar-refractivity contribution in [2.75, 3.05) is 32.6 Å². The number of hydrogen-bond donors (Lipinski definition) is 0. The first-order chi connectivity index (χ1) is 12.3. The second-order valence-electron chi connectivity index (χ2n) is 6.46. The largest absolute Gasteiger partial charge is 0.497 e. The number of methoxy groups -OCH3 is 1. The molecule has 0 saturated carbocycles. The minimum absolute atomic E-state index is 0.750. The lowest BCUT2D eigenvalue weighted by Crippen LogP contribution is -2.32. The SMILES string of the molecule is COc1ccc(C(=C2CCN(CCCCl)CC2)c2ccccc2)cc1. The fraction of sp³-hybridized carbons (Fsp3) is 0.364. The molecule has 0 radical (unpaired) electrons. The van der Waals surface area contributed by atoms with Crippen LogP contribution in [0.2, 0.25) is 0 Å². The molecule has 2 nitrogen and oxygen atoms in total. The molecule has 1 saturated heterocycles. The van der Waals surface area contributed by atoms with Gasteiger partial charge in [0, 0.05) is 19.0 Å². The quantitative estimate of drug-likeness (QED) is 0.658. The summed E-state index contributed by atoms with van der Waals surface area (Å²) in [5, 5.41) is 0. The molecule has 2 aromatic rings. The summed E-state index contributed by atoms with van der Waals surface area (Å²) in [4.78, 5) is 2.53. The summed E-state index contributed by atoms with van der Waals surface area (Å²) < 4.78 is 5.32. The molecule has 0 aromatic heterocycles. The normalized spacial score (nSPS) is 15.2. The molecule has 1 heterocycles. The fourth-order valence-electron chi connectivity index (χ4n) is 3.52. The minimum Gasteiger partial charge on any atom is -0.497 e. The van der Waals surface area contributed by atoms with Crippen molar-refractivity contribution in [3.63, 3.8) is 0 Å². The molecule has 1 aliphatic rings. The highest BCUT2D eigenvalue weighted by atomic mass is 35.5. The zero-order valence-electron chi connectivity index (χ0n) is 14.9. The van der Waals surface area contributed by atoms with Gasteiger partial charge in [-0.15, -0.1) is 11.6 Å². The number of alkyl halides is 1. The Morgan fingerprint density at radius 2 is 1.60 bits per heavy atom. The number of ether oxygens (including phenoxy) is 1. The van der Waals surface area contributed by atoms with Gasteiger partial charge < -0.3 is 9.64 Å². The molecule has 3 heteroatoms. The van der Waals surface area contributed by atoms with Crippen molar-refractivity contribution in [3.8, 4) is 5.75 Å². The first-order valence-corrected chi connectivity index (χ1v) is 9.55. The Morgan fingerprint density at radius 1 is 0.960 bits per heavy atom. The molecule has 0 bridgehead atoms. The van der Waals surface area contributed by atoms with E-state index in [2.05, 4.69) is 59.5 Å². The molecule has 25 heavy (non-hydrogen) atoms. The van der Waals surface area contributed by atoms with Crippen LogP contribution < -0.4 is 4.74 Å². The summed E-state index contributed by atoms with van der Waals surface area (Å²) in [6.45, 7) is 3.36. The van der Waals surface area contributed by atoms with E-state index >= 15 is 0 Å². The third-order valence-corrected chi connectivity index (χ3v) is 5.13. The number of piperidine rings is 1. The van der Waals surface area contributed by atoms with Gasteiger partial charge in [0.15, 0.2) is 0 Å². The van der Waals surface area contributed by atoms with E-state index in [1.165, 1.54) is 16.7 Å². The monoisotopic (exact) mass is 355 g/mol. The second-order valence-corrected chi connectivity index (χ2v) is 6.84. The molecule has 132 valence electrons. The van der Waals surface area contributed by atoms with Gasteiger partial charge in [-0.25, -0.2) is 0 Å². The van der Waals surface area contributed by atoms with Crippen LogP contribution in [0.3, 0.4) is 0 Å². The standard InChI is InChI=1S/C22H26ClNO/c1-25-21-10-8-19(9-11-21)22(18-6-3-2-4-7-18)20-12-16-24(17-13-20)15-5-14-23/h2-4,6-11H,5,12-17H2,1H3. The molecule has 1 fully saturated rings. The molecular weight excluding hydrogens is 330 g/mol. The van der Waals surface area contributed by atoms with E-state index in [9.17, 15) is 0 Å². The van der Waals surface area contributed by atoms with Crippen molar-refractivity contribution in [2.24, 2.45) is 0 Å². The average molecular weight is 356 g/mol. The van der Waals surface area contributed by atoms with E-state index in [1.807, 2.05) is 0 Å². The Kier molecular flexibility index (Phi) is 6.55. The number of nitrogens with zero attached hydrogens (tertiary/aromatic N) is 1. The van der Waals surface area contributed by atoms with Crippen LogP contribution in [0.5, 0.6) is 5.75 Å². The van der Waals surface area contributed by atoms with Crippen LogP contribution in [0.4, 0.5) is 0 Å². The topological polar surface area (TPSA) is 12.5 Å². The third-order valence-electron chi connectivity index (χ3n) is 4.86. The Balaban J connectivity index is 1.89. The van der Waals surface area contributed by atoms with Gasteiger partial charge in [-0.3, -0.25) is 0 Å². The van der Waals surface area contributed by atoms with E-state index in [-0.39, 0.29) is 0 Å². The smallest absolute Gasteiger partial charge is 0.118 e. The predicted octanol–water partition coefficient (Wildman–Crippen LogP) is 5.22. The second kappa shape index (κ2) is 9.07. The van der Waals surface area contributed by atoms with Crippen LogP contribution in [0, 0.1) is 0 Å². The number of hydrogen-bond acceptors (Lipinski definition) is 2. The fourth-order valence-corrected chi connectivity index (χ4v) is 3.64. The average Bonchev–Trinajstić information content (AvgIpc) is 2.69. The summed E-state index contributed by atoms with van der Waals surface area (Å²) in [5.41, 5.74) is 5.52. The van der Waals surface area contributed by atoms with Crippen molar-refractivity contribution in [1.82, 2.24) is 4.90 Å². The molecule has 2 aromatic carbocycles. The van der Waals surface area contributed by atoms with Gasteiger partial charge in [0.2, 0.25) is 0 Å². The molecule has 0 spiro atoms. The van der Waals surface area contributed by atoms with Gasteiger partial charge in [-0.1, -0.05) is 48.0 Å². The van der Waals surface area contributed by atoms with Gasteiger partial charge in [0.25, 0.3) is 0 Å². The minimum atomic E-state index is 0.750. The summed E-state index contributed by atoms with van der Waals surface area (Å²) >= 11 is 5.84. The van der Waals surface area contributed by atoms with Gasteiger partial charge in [0.05, 0.1) is 7.11 Å². The Hall–Kier alpha value is -1.77. The highest BCUT2D eigenvalue weighted by molar-refractivity contribution is 6.17. The van der Waals surface area contributed by atoms with E-state index in [4.69, 9.17) is 16.3 Å². The van der Waals surface area contributed by atoms with Crippen LogP contribution in [0.15, 0.2) is 60.2 Å². The molecule has 0 N–H and O–H groups in total. The van der Waals surface area contributed by atoms with Crippen LogP contribution >= 0.6 is 11.6 Å². The zero-order chi connectivity index (χ0) is 17.5. The van der Waals surface area contributed by atoms with Crippen molar-refractivity contribution in [1.29, 1.82) is 0 Å². The van der Waals surface area contributed by atoms with Crippen molar-refractivity contribution in [3.05, 3.63) is 71.3 Å². The van der Waals surface area contributed by atoms with Crippen molar-refractivity contribution in [2.45, 2.75) is 19.3 Å². The number of rotatable bonds is 6. The summed E-state index contributed by atoms with van der Waals surface area (Å²) in [7, 11) is 1.71. The maximum Gasteiger partial charge on any atom is 0.118 e. The first-order valence-electron chi connectivity index (χ1n) is 9.02. The lowest BCUT2D eigenvalue weighted by molar-refractivity contribution is 0.258. The van der Waals surface area contributed by atoms with Gasteiger partial charge in [0.1, 0.15) is 5.75 Å². The molecule has 3 rings (SSSR count). The van der Waals surface area contributed by atoms with Crippen LogP contribution in [-0.4, -0.2) is 37.5 Å². The summed E-state index contributed by atoms with van der Waals surface area (Å²) in [5.74, 6) is 1.65. The number of halogens is 1. The Morgan fingerprint density at radius 3 is 2.20 bits per heavy atom. The lowest BCUT2D eigenvalue weighted by atomic mass is 9.88. The van der Waals surface area contributed by atoms with E-state index in [0.29, 0.717) is 0 Å². The molecular formula is C22H26ClNO. The molecule has 1 aliphatic heterocycles. The first kappa shape index (κ1) is 18.0. The number of benzene rings is 2. The van der Waals surface area contributed by atoms with Gasteiger partial charge in [-0.05, 0) is 54.6 Å². The summed E-state index contributed by atoms with van der Waals surface area (Å²) in [6, 6.07) is 19.2. The highest BCUT2D eigenvalue weighted by Gasteiger charge is 2.18. The van der Waals surface area contributed by atoms with Crippen LogP contribution in [0.1, 0.15) is 30.4 Å². The number of likely N-dealkylation sites (tertiary alicyclic amines) is 1. The zero-order valence-corrected chi connectivity index (χ0v) is 15.6. The van der Waals surface area contributed by atoms with E-state index in [0.717, 1.165) is 50.5 Å². The maximum atomic E-state index is 5.84. The predicted molar refractivity (Wildman–Crippen MR) is 106 cm³/mol. The molecule has 0 amide bonds. The van der Waals surface area contributed by atoms with Crippen LogP contribution in [-0.2, 0) is 0 Å². The van der Waals surface area contributed by atoms with E-state index < -0.39 is 0 Å². The van der Waals surface area contributed by atoms with Crippen molar-refractivity contribution < 1.29 is 4.74 Å². The third kappa shape index (κ3) is 4.65. The maximum absolute atomic E-state index is 5.84. The van der Waals surface area contributed by atoms with Gasteiger partial charge >= 0.3 is 0 Å². The Bertz CT molecular complexity index is 684. The molecule has 0 atom stereocenters. The molecule has 0 aliphatic carbocycles. The Labute approximate surface area is 156 Å². The van der Waals surface area contributed by atoms with E-state index in [1.54, 1.807) is 12.7 Å². The van der Waals surface area contributed by atoms with Gasteiger partial charge in [-0.2, -0.15) is 0 Å². The highest BCUT2D eigenvalue weighted by Crippen LogP contribution is 2.33. The lowest BCUT2D eigenvalue weighted by Gasteiger charge is -2.30. The summed E-state index contributed by atoms with van der Waals surface area (Å²) in [6.07, 6.45) is 3.32.